The molecule has 1 aromatic carbocycles. The summed E-state index contributed by atoms with van der Waals surface area (Å²) in [6.07, 6.45) is 2.66. The maximum absolute atomic E-state index is 12.4. The predicted octanol–water partition coefficient (Wildman–Crippen LogP) is 3.67. The highest BCUT2D eigenvalue weighted by Crippen LogP contribution is 2.49. The number of halogens is 1. The van der Waals surface area contributed by atoms with Gasteiger partial charge in [-0.2, -0.15) is 0 Å². The van der Waals surface area contributed by atoms with Crippen LogP contribution in [-0.2, 0) is 4.79 Å². The Hall–Kier alpha value is -1.20. The molecule has 19 heavy (non-hydrogen) atoms. The molecule has 1 heterocycles. The van der Waals surface area contributed by atoms with Gasteiger partial charge in [-0.15, -0.1) is 11.3 Å². The molecule has 0 N–H and O–H groups in total. The van der Waals surface area contributed by atoms with Crippen LogP contribution in [0.3, 0.4) is 0 Å². The van der Waals surface area contributed by atoms with Crippen LogP contribution in [0.25, 0.3) is 0 Å². The van der Waals surface area contributed by atoms with Crippen molar-refractivity contribution in [1.29, 1.82) is 0 Å². The van der Waals surface area contributed by atoms with Gasteiger partial charge < -0.3 is 0 Å². The molecule has 0 radical (unpaired) electrons. The van der Waals surface area contributed by atoms with Crippen LogP contribution in [0.4, 0.5) is 5.13 Å². The van der Waals surface area contributed by atoms with Crippen LogP contribution in [0.5, 0.6) is 0 Å². The maximum atomic E-state index is 12.4. The molecule has 0 spiro atoms. The Kier molecular flexibility index (Phi) is 3.41. The number of thiazole rings is 1. The van der Waals surface area contributed by atoms with Gasteiger partial charge in [-0.25, -0.2) is 4.98 Å². The van der Waals surface area contributed by atoms with Gasteiger partial charge in [0.25, 0.3) is 0 Å². The summed E-state index contributed by atoms with van der Waals surface area (Å²) in [6.45, 7) is 0. The Morgan fingerprint density at radius 1 is 1.53 bits per heavy atom. The van der Waals surface area contributed by atoms with Gasteiger partial charge in [0.2, 0.25) is 5.91 Å². The summed E-state index contributed by atoms with van der Waals surface area (Å²) in [5.41, 5.74) is 1.24. The van der Waals surface area contributed by atoms with Crippen molar-refractivity contribution in [3.63, 3.8) is 0 Å². The molecule has 0 bridgehead atoms. The summed E-state index contributed by atoms with van der Waals surface area (Å²) in [4.78, 5) is 18.2. The number of benzene rings is 1. The summed E-state index contributed by atoms with van der Waals surface area (Å²) >= 11 is 4.96. The Bertz CT molecular complexity index is 599. The summed E-state index contributed by atoms with van der Waals surface area (Å²) in [6, 6.07) is 8.21. The number of hydrogen-bond donors (Lipinski definition) is 0. The van der Waals surface area contributed by atoms with Gasteiger partial charge in [0, 0.05) is 29.0 Å². The smallest absolute Gasteiger partial charge is 0.232 e. The number of carbonyl (C=O) groups is 1. The summed E-state index contributed by atoms with van der Waals surface area (Å²) < 4.78 is 1.07. The lowest BCUT2D eigenvalue weighted by Gasteiger charge is -2.13. The Morgan fingerprint density at radius 2 is 2.37 bits per heavy atom. The van der Waals surface area contributed by atoms with E-state index < -0.39 is 0 Å². The summed E-state index contributed by atoms with van der Waals surface area (Å²) in [7, 11) is 1.80. The first-order chi connectivity index (χ1) is 9.16. The van der Waals surface area contributed by atoms with E-state index in [1.165, 1.54) is 16.9 Å². The zero-order valence-corrected chi connectivity index (χ0v) is 12.8. The van der Waals surface area contributed by atoms with Gasteiger partial charge in [-0.3, -0.25) is 9.69 Å². The van der Waals surface area contributed by atoms with Crippen molar-refractivity contribution in [2.75, 3.05) is 11.9 Å². The Labute approximate surface area is 124 Å². The molecule has 0 aliphatic heterocycles. The van der Waals surface area contributed by atoms with E-state index in [9.17, 15) is 4.79 Å². The highest BCUT2D eigenvalue weighted by atomic mass is 79.9. The Morgan fingerprint density at radius 3 is 3.05 bits per heavy atom. The molecular weight excluding hydrogens is 324 g/mol. The number of anilines is 1. The first-order valence-electron chi connectivity index (χ1n) is 6.09. The second-order valence-electron chi connectivity index (χ2n) is 4.72. The van der Waals surface area contributed by atoms with Gasteiger partial charge in [0.15, 0.2) is 5.13 Å². The number of aromatic nitrogens is 1. The van der Waals surface area contributed by atoms with Crippen LogP contribution >= 0.6 is 27.3 Å². The molecule has 3 nitrogen and oxygen atoms in total. The first-order valence-corrected chi connectivity index (χ1v) is 7.76. The fourth-order valence-corrected chi connectivity index (χ4v) is 3.33. The highest BCUT2D eigenvalue weighted by molar-refractivity contribution is 9.10. The van der Waals surface area contributed by atoms with E-state index in [0.717, 1.165) is 16.0 Å². The van der Waals surface area contributed by atoms with Gasteiger partial charge in [0.05, 0.1) is 0 Å². The van der Waals surface area contributed by atoms with Crippen LogP contribution in [0, 0.1) is 5.92 Å². The van der Waals surface area contributed by atoms with Crippen molar-refractivity contribution in [2.45, 2.75) is 12.3 Å². The van der Waals surface area contributed by atoms with Crippen molar-refractivity contribution in [3.05, 3.63) is 45.9 Å². The van der Waals surface area contributed by atoms with Crippen molar-refractivity contribution in [1.82, 2.24) is 4.98 Å². The molecule has 2 atom stereocenters. The SMILES string of the molecule is CN(C(=O)C1CC1c1cccc(Br)c1)c1nccs1. The minimum Gasteiger partial charge on any atom is -0.291 e. The minimum atomic E-state index is 0.100. The van der Waals surface area contributed by atoms with Crippen molar-refractivity contribution < 1.29 is 4.79 Å². The molecule has 3 rings (SSSR count). The van der Waals surface area contributed by atoms with E-state index in [4.69, 9.17) is 0 Å². The molecule has 2 aromatic rings. The molecular formula is C14H13BrN2OS. The van der Waals surface area contributed by atoms with Crippen LogP contribution in [0.2, 0.25) is 0 Å². The van der Waals surface area contributed by atoms with Gasteiger partial charge >= 0.3 is 0 Å². The van der Waals surface area contributed by atoms with E-state index in [2.05, 4.69) is 33.0 Å². The van der Waals surface area contributed by atoms with Gasteiger partial charge in [-0.1, -0.05) is 28.1 Å². The monoisotopic (exact) mass is 336 g/mol. The van der Waals surface area contributed by atoms with E-state index in [-0.39, 0.29) is 11.8 Å². The third-order valence-electron chi connectivity index (χ3n) is 3.42. The molecule has 1 aromatic heterocycles. The average Bonchev–Trinajstić information content (AvgIpc) is 3.02. The summed E-state index contributed by atoms with van der Waals surface area (Å²) in [5, 5.41) is 2.66. The van der Waals surface area contributed by atoms with Crippen LogP contribution in [0.15, 0.2) is 40.3 Å². The number of rotatable bonds is 3. The second kappa shape index (κ2) is 5.06. The first kappa shape index (κ1) is 12.8. The maximum Gasteiger partial charge on any atom is 0.232 e. The normalized spacial score (nSPS) is 21.2. The van der Waals surface area contributed by atoms with Gasteiger partial charge in [-0.05, 0) is 30.0 Å². The standard InChI is InChI=1S/C14H13BrN2OS/c1-17(14-16-5-6-19-14)13(18)12-8-11(12)9-3-2-4-10(15)7-9/h2-7,11-12H,8H2,1H3. The molecule has 1 saturated carbocycles. The summed E-state index contributed by atoms with van der Waals surface area (Å²) in [5.74, 6) is 0.621. The zero-order chi connectivity index (χ0) is 13.4. The van der Waals surface area contributed by atoms with E-state index >= 15 is 0 Å². The lowest BCUT2D eigenvalue weighted by Crippen LogP contribution is -2.28. The molecule has 5 heteroatoms. The van der Waals surface area contributed by atoms with Crippen molar-refractivity contribution >= 4 is 38.3 Å². The van der Waals surface area contributed by atoms with E-state index in [0.29, 0.717) is 5.92 Å². The molecule has 0 saturated heterocycles. The number of nitrogens with zero attached hydrogens (tertiary/aromatic N) is 2. The van der Waals surface area contributed by atoms with Crippen molar-refractivity contribution in [2.24, 2.45) is 5.92 Å². The highest BCUT2D eigenvalue weighted by Gasteiger charge is 2.45. The molecule has 1 fully saturated rings. The molecule has 1 amide bonds. The quantitative estimate of drug-likeness (QED) is 0.856. The molecule has 1 aliphatic carbocycles. The fraction of sp³-hybridized carbons (Fsp3) is 0.286. The number of amides is 1. The van der Waals surface area contributed by atoms with E-state index in [1.807, 2.05) is 17.5 Å². The van der Waals surface area contributed by atoms with Crippen molar-refractivity contribution in [3.8, 4) is 0 Å². The lowest BCUT2D eigenvalue weighted by molar-refractivity contribution is -0.119. The van der Waals surface area contributed by atoms with Gasteiger partial charge in [0.1, 0.15) is 0 Å². The van der Waals surface area contributed by atoms with E-state index in [1.54, 1.807) is 18.1 Å². The third kappa shape index (κ3) is 2.58. The fourth-order valence-electron chi connectivity index (χ4n) is 2.30. The minimum absolute atomic E-state index is 0.100. The molecule has 1 aliphatic rings. The largest absolute Gasteiger partial charge is 0.291 e. The molecule has 2 unspecified atom stereocenters. The topological polar surface area (TPSA) is 33.2 Å². The predicted molar refractivity (Wildman–Crippen MR) is 80.5 cm³/mol. The van der Waals surface area contributed by atoms with Crippen LogP contribution in [0.1, 0.15) is 17.9 Å². The molecule has 98 valence electrons. The zero-order valence-electron chi connectivity index (χ0n) is 10.4. The number of carbonyl (C=O) groups excluding carboxylic acids is 1. The average molecular weight is 337 g/mol. The lowest BCUT2D eigenvalue weighted by atomic mass is 10.1. The third-order valence-corrected chi connectivity index (χ3v) is 4.76. The second-order valence-corrected chi connectivity index (χ2v) is 6.50. The van der Waals surface area contributed by atoms with Crippen LogP contribution in [-0.4, -0.2) is 17.9 Å². The Balaban J connectivity index is 1.71. The number of hydrogen-bond acceptors (Lipinski definition) is 3. The van der Waals surface area contributed by atoms with Crippen LogP contribution < -0.4 is 4.90 Å².